The zero-order valence-corrected chi connectivity index (χ0v) is 12.5. The molecule has 0 aliphatic rings. The lowest BCUT2D eigenvalue weighted by molar-refractivity contribution is -0.118. The quantitative estimate of drug-likeness (QED) is 0.784. The summed E-state index contributed by atoms with van der Waals surface area (Å²) in [6, 6.07) is 3.87. The minimum absolute atomic E-state index is 0.0668. The molecular weight excluding hydrogens is 296 g/mol. The summed E-state index contributed by atoms with van der Waals surface area (Å²) >= 11 is 2.86. The predicted octanol–water partition coefficient (Wildman–Crippen LogP) is 1.56. The van der Waals surface area contributed by atoms with Crippen molar-refractivity contribution in [2.75, 3.05) is 5.75 Å². The first kappa shape index (κ1) is 14.7. The van der Waals surface area contributed by atoms with Crippen molar-refractivity contribution in [1.29, 1.82) is 0 Å². The Bertz CT molecular complexity index is 607. The van der Waals surface area contributed by atoms with Gasteiger partial charge in [0.05, 0.1) is 10.6 Å². The van der Waals surface area contributed by atoms with E-state index in [1.807, 2.05) is 22.1 Å². The van der Waals surface area contributed by atoms with Crippen molar-refractivity contribution in [1.82, 2.24) is 14.8 Å². The van der Waals surface area contributed by atoms with Crippen LogP contribution in [0.4, 0.5) is 0 Å². The van der Waals surface area contributed by atoms with E-state index in [1.54, 1.807) is 11.3 Å². The molecule has 0 spiro atoms. The molecule has 0 saturated heterocycles. The molecule has 0 aliphatic carbocycles. The van der Waals surface area contributed by atoms with Gasteiger partial charge >= 0.3 is 0 Å². The third-order valence-electron chi connectivity index (χ3n) is 2.44. The van der Waals surface area contributed by atoms with E-state index in [9.17, 15) is 9.59 Å². The fourth-order valence-electron chi connectivity index (χ4n) is 1.57. The van der Waals surface area contributed by atoms with Crippen LogP contribution in [0.25, 0.3) is 10.7 Å². The Labute approximate surface area is 124 Å². The molecule has 8 heteroatoms. The van der Waals surface area contributed by atoms with E-state index < -0.39 is 0 Å². The van der Waals surface area contributed by atoms with Crippen LogP contribution in [-0.2, 0) is 16.1 Å². The van der Waals surface area contributed by atoms with E-state index in [2.05, 4.69) is 10.2 Å². The fraction of sp³-hybridized carbons (Fsp3) is 0.333. The molecule has 2 heterocycles. The number of amides is 1. The lowest BCUT2D eigenvalue weighted by atomic mass is 10.4. The van der Waals surface area contributed by atoms with Crippen LogP contribution < -0.4 is 5.73 Å². The van der Waals surface area contributed by atoms with Crippen molar-refractivity contribution in [2.45, 2.75) is 25.0 Å². The first-order valence-electron chi connectivity index (χ1n) is 5.95. The molecule has 0 radical (unpaired) electrons. The Kier molecular flexibility index (Phi) is 4.91. The summed E-state index contributed by atoms with van der Waals surface area (Å²) in [4.78, 5) is 23.0. The zero-order valence-electron chi connectivity index (χ0n) is 10.9. The topological polar surface area (TPSA) is 90.9 Å². The van der Waals surface area contributed by atoms with Crippen LogP contribution in [0, 0.1) is 0 Å². The van der Waals surface area contributed by atoms with Crippen molar-refractivity contribution in [2.24, 2.45) is 5.73 Å². The fourth-order valence-corrected chi connectivity index (χ4v) is 3.06. The Morgan fingerprint density at radius 1 is 1.45 bits per heavy atom. The molecule has 0 aromatic carbocycles. The van der Waals surface area contributed by atoms with Crippen LogP contribution in [0.1, 0.15) is 13.3 Å². The summed E-state index contributed by atoms with van der Waals surface area (Å²) < 4.78 is 1.84. The number of thioether (sulfide) groups is 1. The van der Waals surface area contributed by atoms with E-state index in [1.165, 1.54) is 18.7 Å². The zero-order chi connectivity index (χ0) is 14.5. The monoisotopic (exact) mass is 310 g/mol. The van der Waals surface area contributed by atoms with Gasteiger partial charge in [0, 0.05) is 13.0 Å². The number of aromatic nitrogens is 3. The minimum Gasteiger partial charge on any atom is -0.370 e. The molecule has 106 valence electrons. The molecule has 2 aromatic heterocycles. The minimum atomic E-state index is -0.377. The number of hydrogen-bond acceptors (Lipinski definition) is 6. The molecule has 0 saturated carbocycles. The molecule has 2 rings (SSSR count). The Hall–Kier alpha value is -1.67. The van der Waals surface area contributed by atoms with Gasteiger partial charge in [0.15, 0.2) is 11.0 Å². The van der Waals surface area contributed by atoms with Gasteiger partial charge in [-0.3, -0.25) is 9.59 Å². The van der Waals surface area contributed by atoms with E-state index in [-0.39, 0.29) is 18.1 Å². The molecule has 0 fully saturated rings. The van der Waals surface area contributed by atoms with E-state index >= 15 is 0 Å². The average Bonchev–Trinajstić information content (AvgIpc) is 3.02. The van der Waals surface area contributed by atoms with Crippen LogP contribution in [0.15, 0.2) is 22.7 Å². The number of carbonyl (C=O) groups excluding carboxylic acids is 2. The maximum absolute atomic E-state index is 11.1. The second-order valence-corrected chi connectivity index (χ2v) is 6.03. The van der Waals surface area contributed by atoms with Crippen LogP contribution >= 0.6 is 23.1 Å². The van der Waals surface area contributed by atoms with Crippen LogP contribution in [-0.4, -0.2) is 32.2 Å². The summed E-state index contributed by atoms with van der Waals surface area (Å²) in [5.41, 5.74) is 5.20. The normalized spacial score (nSPS) is 10.7. The van der Waals surface area contributed by atoms with Crippen molar-refractivity contribution in [3.63, 3.8) is 0 Å². The number of carbonyl (C=O) groups is 2. The SMILES string of the molecule is CC(=O)CSc1nnc(-c2cccs2)n1CCC(N)=O. The maximum Gasteiger partial charge on any atom is 0.219 e. The Morgan fingerprint density at radius 3 is 2.85 bits per heavy atom. The lowest BCUT2D eigenvalue weighted by Gasteiger charge is -2.07. The standard InChI is InChI=1S/C12H14N4O2S2/c1-8(17)7-20-12-15-14-11(9-3-2-6-19-9)16(12)5-4-10(13)18/h2-3,6H,4-5,7H2,1H3,(H2,13,18). The van der Waals surface area contributed by atoms with Crippen molar-refractivity contribution >= 4 is 34.8 Å². The third kappa shape index (κ3) is 3.67. The highest BCUT2D eigenvalue weighted by atomic mass is 32.2. The summed E-state index contributed by atoms with van der Waals surface area (Å²) in [5, 5.41) is 10.8. The number of primary amides is 1. The van der Waals surface area contributed by atoms with Gasteiger partial charge in [0.2, 0.25) is 5.91 Å². The van der Waals surface area contributed by atoms with Gasteiger partial charge in [0.1, 0.15) is 5.78 Å². The number of rotatable bonds is 7. The smallest absolute Gasteiger partial charge is 0.219 e. The summed E-state index contributed by atoms with van der Waals surface area (Å²) in [5.74, 6) is 0.724. The van der Waals surface area contributed by atoms with Crippen molar-refractivity contribution < 1.29 is 9.59 Å². The molecule has 2 aromatic rings. The molecule has 2 N–H and O–H groups in total. The van der Waals surface area contributed by atoms with Gasteiger partial charge in [-0.2, -0.15) is 0 Å². The maximum atomic E-state index is 11.1. The number of nitrogens with two attached hydrogens (primary N) is 1. The van der Waals surface area contributed by atoms with Crippen molar-refractivity contribution in [3.05, 3.63) is 17.5 Å². The van der Waals surface area contributed by atoms with E-state index in [4.69, 9.17) is 5.73 Å². The summed E-state index contributed by atoms with van der Waals surface area (Å²) in [6.45, 7) is 1.94. The molecular formula is C12H14N4O2S2. The van der Waals surface area contributed by atoms with Gasteiger partial charge in [-0.05, 0) is 18.4 Å². The highest BCUT2D eigenvalue weighted by Crippen LogP contribution is 2.27. The summed E-state index contributed by atoms with van der Waals surface area (Å²) in [7, 11) is 0. The Balaban J connectivity index is 2.27. The second-order valence-electron chi connectivity index (χ2n) is 4.14. The molecule has 0 unspecified atom stereocenters. The van der Waals surface area contributed by atoms with Crippen LogP contribution in [0.5, 0.6) is 0 Å². The lowest BCUT2D eigenvalue weighted by Crippen LogP contribution is -2.15. The number of thiophene rings is 1. The average molecular weight is 310 g/mol. The van der Waals surface area contributed by atoms with Crippen LogP contribution in [0.2, 0.25) is 0 Å². The molecule has 0 aliphatic heterocycles. The summed E-state index contributed by atoms with van der Waals surface area (Å²) in [6.07, 6.45) is 0.212. The number of ketones is 1. The first-order chi connectivity index (χ1) is 9.58. The highest BCUT2D eigenvalue weighted by molar-refractivity contribution is 7.99. The van der Waals surface area contributed by atoms with Gasteiger partial charge in [-0.1, -0.05) is 17.8 Å². The van der Waals surface area contributed by atoms with Crippen molar-refractivity contribution in [3.8, 4) is 10.7 Å². The largest absolute Gasteiger partial charge is 0.370 e. The van der Waals surface area contributed by atoms with E-state index in [0.717, 1.165) is 4.88 Å². The molecule has 6 nitrogen and oxygen atoms in total. The molecule has 20 heavy (non-hydrogen) atoms. The van der Waals surface area contributed by atoms with Gasteiger partial charge in [0.25, 0.3) is 0 Å². The molecule has 0 atom stereocenters. The molecule has 0 bridgehead atoms. The number of nitrogens with zero attached hydrogens (tertiary/aromatic N) is 3. The second kappa shape index (κ2) is 6.67. The van der Waals surface area contributed by atoms with Gasteiger partial charge in [-0.15, -0.1) is 21.5 Å². The third-order valence-corrected chi connectivity index (χ3v) is 4.42. The van der Waals surface area contributed by atoms with E-state index in [0.29, 0.717) is 23.3 Å². The first-order valence-corrected chi connectivity index (χ1v) is 7.82. The van der Waals surface area contributed by atoms with Gasteiger partial charge < -0.3 is 10.3 Å². The van der Waals surface area contributed by atoms with Gasteiger partial charge in [-0.25, -0.2) is 0 Å². The number of hydrogen-bond donors (Lipinski definition) is 1. The highest BCUT2D eigenvalue weighted by Gasteiger charge is 2.16. The van der Waals surface area contributed by atoms with Crippen LogP contribution in [0.3, 0.4) is 0 Å². The Morgan fingerprint density at radius 2 is 2.25 bits per heavy atom. The molecule has 1 amide bonds. The number of Topliss-reactive ketones (excluding diaryl/α,β-unsaturated/α-hetero) is 1. The predicted molar refractivity (Wildman–Crippen MR) is 78.6 cm³/mol.